The highest BCUT2D eigenvalue weighted by Crippen LogP contribution is 2.49. The zero-order chi connectivity index (χ0) is 32.7. The number of aliphatic hydroxyl groups is 1. The molecular weight excluding hydrogens is 610 g/mol. The van der Waals surface area contributed by atoms with Crippen molar-refractivity contribution >= 4 is 15.7 Å². The maximum Gasteiger partial charge on any atom is 0.419 e. The van der Waals surface area contributed by atoms with E-state index in [4.69, 9.17) is 11.4 Å². The lowest BCUT2D eigenvalue weighted by atomic mass is 10.1. The third-order valence-corrected chi connectivity index (χ3v) is 10.2. The molecule has 0 radical (unpaired) electrons. The van der Waals surface area contributed by atoms with E-state index >= 15 is 0 Å². The molecular formula is C33H35F4N3O4S. The van der Waals surface area contributed by atoms with Crippen LogP contribution in [0.3, 0.4) is 0 Å². The summed E-state index contributed by atoms with van der Waals surface area (Å²) in [5.74, 6) is 0.502. The van der Waals surface area contributed by atoms with E-state index in [9.17, 15) is 35.9 Å². The van der Waals surface area contributed by atoms with E-state index in [0.717, 1.165) is 37.4 Å². The SMILES string of the molecule is C#Cc1ccc(-n2c([C@@H](C)N(CCS(=O)(=O)CC)C(=O)Cc3ccc(F)c(C(F)(F)F)c3)nc(C3CC3)c2C(O)C2CC2)cc1. The molecule has 2 aliphatic carbocycles. The van der Waals surface area contributed by atoms with Gasteiger partial charge in [0.05, 0.1) is 41.3 Å². The van der Waals surface area contributed by atoms with Crippen LogP contribution in [-0.4, -0.2) is 51.9 Å². The summed E-state index contributed by atoms with van der Waals surface area (Å²) in [5.41, 5.74) is 1.07. The fraction of sp³-hybridized carbons (Fsp3) is 0.455. The Hall–Kier alpha value is -3.69. The number of aromatic nitrogens is 2. The fourth-order valence-electron chi connectivity index (χ4n) is 5.53. The molecule has 2 aliphatic rings. The smallest absolute Gasteiger partial charge is 0.387 e. The Morgan fingerprint density at radius 2 is 1.82 bits per heavy atom. The number of aliphatic hydroxyl groups excluding tert-OH is 1. The topological polar surface area (TPSA) is 92.5 Å². The number of nitrogens with zero attached hydrogens (tertiary/aromatic N) is 3. The lowest BCUT2D eigenvalue weighted by Gasteiger charge is -2.30. The van der Waals surface area contributed by atoms with Gasteiger partial charge >= 0.3 is 6.18 Å². The summed E-state index contributed by atoms with van der Waals surface area (Å²) < 4.78 is 81.1. The highest BCUT2D eigenvalue weighted by atomic mass is 32.2. The van der Waals surface area contributed by atoms with Crippen molar-refractivity contribution < 1.29 is 35.9 Å². The van der Waals surface area contributed by atoms with Crippen LogP contribution < -0.4 is 0 Å². The molecule has 0 bridgehead atoms. The van der Waals surface area contributed by atoms with E-state index in [1.54, 1.807) is 31.2 Å². The number of terminal acetylenes is 1. The summed E-state index contributed by atoms with van der Waals surface area (Å²) in [6, 6.07) is 8.60. The van der Waals surface area contributed by atoms with Gasteiger partial charge in [0.15, 0.2) is 9.84 Å². The molecule has 3 aromatic rings. The van der Waals surface area contributed by atoms with Crippen LogP contribution >= 0.6 is 0 Å². The predicted molar refractivity (Wildman–Crippen MR) is 161 cm³/mol. The van der Waals surface area contributed by atoms with Crippen molar-refractivity contribution in [3.8, 4) is 18.0 Å². The minimum atomic E-state index is -4.96. The zero-order valence-corrected chi connectivity index (χ0v) is 25.8. The quantitative estimate of drug-likeness (QED) is 0.196. The van der Waals surface area contributed by atoms with Crippen LogP contribution in [0.5, 0.6) is 0 Å². The first-order chi connectivity index (χ1) is 21.2. The monoisotopic (exact) mass is 645 g/mol. The highest BCUT2D eigenvalue weighted by Gasteiger charge is 2.41. The second-order valence-electron chi connectivity index (χ2n) is 11.8. The summed E-state index contributed by atoms with van der Waals surface area (Å²) in [6.45, 7) is 2.93. The molecule has 7 nitrogen and oxygen atoms in total. The van der Waals surface area contributed by atoms with Crippen LogP contribution in [0.25, 0.3) is 5.69 Å². The summed E-state index contributed by atoms with van der Waals surface area (Å²) >= 11 is 0. The van der Waals surface area contributed by atoms with Crippen LogP contribution in [0.15, 0.2) is 42.5 Å². The van der Waals surface area contributed by atoms with E-state index in [-0.39, 0.29) is 35.4 Å². The van der Waals surface area contributed by atoms with Gasteiger partial charge in [0.1, 0.15) is 11.6 Å². The van der Waals surface area contributed by atoms with Gasteiger partial charge < -0.3 is 10.0 Å². The predicted octanol–water partition coefficient (Wildman–Crippen LogP) is 5.90. The van der Waals surface area contributed by atoms with Crippen LogP contribution in [0.2, 0.25) is 0 Å². The lowest BCUT2D eigenvalue weighted by molar-refractivity contribution is -0.140. The Kier molecular flexibility index (Phi) is 9.16. The summed E-state index contributed by atoms with van der Waals surface area (Å²) in [6.07, 6.45) is 2.75. The molecule has 2 fully saturated rings. The second-order valence-corrected chi connectivity index (χ2v) is 14.3. The number of rotatable bonds is 12. The number of sulfone groups is 1. The van der Waals surface area contributed by atoms with Gasteiger partial charge in [0.25, 0.3) is 0 Å². The van der Waals surface area contributed by atoms with E-state index in [1.165, 1.54) is 11.8 Å². The summed E-state index contributed by atoms with van der Waals surface area (Å²) in [5, 5.41) is 11.5. The minimum Gasteiger partial charge on any atom is -0.387 e. The molecule has 2 atom stereocenters. The van der Waals surface area contributed by atoms with Crippen molar-refractivity contribution in [1.29, 1.82) is 0 Å². The minimum absolute atomic E-state index is 0.0554. The number of amides is 1. The van der Waals surface area contributed by atoms with E-state index in [0.29, 0.717) is 34.9 Å². The molecule has 2 saturated carbocycles. The molecule has 1 unspecified atom stereocenters. The van der Waals surface area contributed by atoms with Crippen molar-refractivity contribution in [2.24, 2.45) is 5.92 Å². The normalized spacial score (nSPS) is 16.7. The maximum absolute atomic E-state index is 14.0. The highest BCUT2D eigenvalue weighted by molar-refractivity contribution is 7.91. The molecule has 0 aliphatic heterocycles. The molecule has 12 heteroatoms. The van der Waals surface area contributed by atoms with Gasteiger partial charge in [0.2, 0.25) is 5.91 Å². The molecule has 240 valence electrons. The van der Waals surface area contributed by atoms with Crippen LogP contribution in [0.1, 0.15) is 91.5 Å². The van der Waals surface area contributed by atoms with Gasteiger partial charge in [-0.1, -0.05) is 18.9 Å². The van der Waals surface area contributed by atoms with Gasteiger partial charge in [0, 0.05) is 29.5 Å². The molecule has 0 saturated heterocycles. The Balaban J connectivity index is 1.59. The number of carbonyl (C=O) groups is 1. The largest absolute Gasteiger partial charge is 0.419 e. The summed E-state index contributed by atoms with van der Waals surface area (Å²) in [7, 11) is -3.54. The van der Waals surface area contributed by atoms with Gasteiger partial charge in [-0.25, -0.2) is 17.8 Å². The Bertz CT molecular complexity index is 1720. The number of hydrogen-bond donors (Lipinski definition) is 1. The first-order valence-electron chi connectivity index (χ1n) is 15.0. The molecule has 0 spiro atoms. The van der Waals surface area contributed by atoms with Gasteiger partial charge in [-0.15, -0.1) is 6.42 Å². The number of benzene rings is 2. The van der Waals surface area contributed by atoms with Crippen LogP contribution in [0, 0.1) is 24.1 Å². The average Bonchev–Trinajstić information content (AvgIpc) is 3.94. The first kappa shape index (κ1) is 32.7. The molecule has 45 heavy (non-hydrogen) atoms. The standard InChI is InChI=1S/C33H35F4N3O4S/c1-4-21-6-13-25(14-7-21)40-30(31(42)24-11-12-24)29(23-9-10-23)38-32(40)20(3)39(16-17-45(43,44)5-2)28(41)19-22-8-15-27(34)26(18-22)33(35,36)37/h1,6-8,13-15,18,20,23-24,31,42H,5,9-12,16-17,19H2,2-3H3/t20-,31?/m1/s1. The lowest BCUT2D eigenvalue weighted by Crippen LogP contribution is -2.39. The van der Waals surface area contributed by atoms with Crippen molar-refractivity contribution in [3.63, 3.8) is 0 Å². The Morgan fingerprint density at radius 3 is 2.38 bits per heavy atom. The molecule has 1 N–H and O–H groups in total. The zero-order valence-electron chi connectivity index (χ0n) is 25.0. The van der Waals surface area contributed by atoms with Gasteiger partial charge in [-0.2, -0.15) is 13.2 Å². The molecule has 1 heterocycles. The van der Waals surface area contributed by atoms with Gasteiger partial charge in [-0.05, 0) is 80.5 Å². The number of imidazole rings is 1. The molecule has 1 aromatic heterocycles. The number of carbonyl (C=O) groups excluding carboxylic acids is 1. The number of halogens is 4. The van der Waals surface area contributed by atoms with Crippen LogP contribution in [-0.2, 0) is 27.2 Å². The van der Waals surface area contributed by atoms with Crippen molar-refractivity contribution in [1.82, 2.24) is 14.5 Å². The third kappa shape index (κ3) is 7.25. The number of alkyl halides is 3. The van der Waals surface area contributed by atoms with E-state index in [1.807, 2.05) is 4.57 Å². The Labute approximate surface area is 260 Å². The molecule has 1 amide bonds. The average molecular weight is 646 g/mol. The number of hydrogen-bond acceptors (Lipinski definition) is 5. The van der Waals surface area contributed by atoms with Crippen molar-refractivity contribution in [2.45, 2.75) is 70.2 Å². The first-order valence-corrected chi connectivity index (χ1v) is 16.8. The molecule has 2 aromatic carbocycles. The van der Waals surface area contributed by atoms with E-state index < -0.39 is 51.9 Å². The maximum atomic E-state index is 14.0. The summed E-state index contributed by atoms with van der Waals surface area (Å²) in [4.78, 5) is 20.1. The fourth-order valence-corrected chi connectivity index (χ4v) is 6.30. The third-order valence-electron chi connectivity index (χ3n) is 8.51. The van der Waals surface area contributed by atoms with Crippen molar-refractivity contribution in [3.05, 3.63) is 82.2 Å². The van der Waals surface area contributed by atoms with Gasteiger partial charge in [-0.3, -0.25) is 9.36 Å². The molecule has 5 rings (SSSR count). The van der Waals surface area contributed by atoms with Crippen molar-refractivity contribution in [2.75, 3.05) is 18.1 Å². The second kappa shape index (κ2) is 12.6. The van der Waals surface area contributed by atoms with Crippen LogP contribution in [0.4, 0.5) is 17.6 Å². The Morgan fingerprint density at radius 1 is 1.16 bits per heavy atom. The van der Waals surface area contributed by atoms with E-state index in [2.05, 4.69) is 5.92 Å².